The van der Waals surface area contributed by atoms with E-state index in [1.54, 1.807) is 0 Å². The Bertz CT molecular complexity index is 495. The van der Waals surface area contributed by atoms with Crippen molar-refractivity contribution < 1.29 is 19.2 Å². The number of hydrogen-bond donors (Lipinski definition) is 1. The van der Waals surface area contributed by atoms with Crippen molar-refractivity contribution in [3.8, 4) is 0 Å². The van der Waals surface area contributed by atoms with Crippen molar-refractivity contribution in [2.45, 2.75) is 6.10 Å². The SMILES string of the molecule is COCC(CNC(=O)c1ccc([N+](=O)[O-])cc1Cl)OC. The summed E-state index contributed by atoms with van der Waals surface area (Å²) in [4.78, 5) is 21.9. The number of carbonyl (C=O) groups is 1. The molecule has 0 aromatic heterocycles. The summed E-state index contributed by atoms with van der Waals surface area (Å²) in [5.74, 6) is -0.428. The molecule has 1 rings (SSSR count). The first kappa shape index (κ1) is 16.4. The molecule has 0 aliphatic heterocycles. The molecular weight excluding hydrogens is 288 g/mol. The first-order chi connectivity index (χ1) is 9.49. The summed E-state index contributed by atoms with van der Waals surface area (Å²) >= 11 is 5.86. The average molecular weight is 303 g/mol. The minimum Gasteiger partial charge on any atom is -0.382 e. The molecule has 0 radical (unpaired) electrons. The highest BCUT2D eigenvalue weighted by molar-refractivity contribution is 6.34. The van der Waals surface area contributed by atoms with Crippen molar-refractivity contribution in [2.75, 3.05) is 27.4 Å². The number of rotatable bonds is 7. The van der Waals surface area contributed by atoms with Crippen molar-refractivity contribution in [1.82, 2.24) is 5.32 Å². The van der Waals surface area contributed by atoms with E-state index in [1.807, 2.05) is 0 Å². The molecule has 0 aliphatic rings. The quantitative estimate of drug-likeness (QED) is 0.611. The lowest BCUT2D eigenvalue weighted by Gasteiger charge is -2.15. The topological polar surface area (TPSA) is 90.7 Å². The molecule has 8 heteroatoms. The summed E-state index contributed by atoms with van der Waals surface area (Å²) in [6, 6.07) is 3.68. The molecule has 0 bridgehead atoms. The average Bonchev–Trinajstić information content (AvgIpc) is 2.42. The molecule has 20 heavy (non-hydrogen) atoms. The third-order valence-electron chi connectivity index (χ3n) is 2.58. The van der Waals surface area contributed by atoms with Gasteiger partial charge in [-0.3, -0.25) is 14.9 Å². The Kier molecular flexibility index (Phi) is 6.37. The van der Waals surface area contributed by atoms with E-state index >= 15 is 0 Å². The first-order valence-corrected chi connectivity index (χ1v) is 6.11. The van der Waals surface area contributed by atoms with Gasteiger partial charge in [-0.1, -0.05) is 11.6 Å². The predicted molar refractivity (Wildman–Crippen MR) is 73.1 cm³/mol. The summed E-state index contributed by atoms with van der Waals surface area (Å²) in [5, 5.41) is 13.2. The summed E-state index contributed by atoms with van der Waals surface area (Å²) in [5.41, 5.74) is 0.00485. The maximum Gasteiger partial charge on any atom is 0.270 e. The van der Waals surface area contributed by atoms with Crippen molar-refractivity contribution in [2.24, 2.45) is 0 Å². The molecule has 0 heterocycles. The van der Waals surface area contributed by atoms with Gasteiger partial charge in [0.1, 0.15) is 0 Å². The Morgan fingerprint density at radius 1 is 1.50 bits per heavy atom. The second-order valence-electron chi connectivity index (χ2n) is 3.94. The molecule has 1 aromatic carbocycles. The number of benzene rings is 1. The maximum atomic E-state index is 11.9. The standard InChI is InChI=1S/C12H15ClN2O5/c1-19-7-9(20-2)6-14-12(16)10-4-3-8(15(17)18)5-11(10)13/h3-5,9H,6-7H2,1-2H3,(H,14,16). The van der Waals surface area contributed by atoms with Gasteiger partial charge in [-0.05, 0) is 6.07 Å². The summed E-state index contributed by atoms with van der Waals surface area (Å²) in [7, 11) is 3.04. The van der Waals surface area contributed by atoms with Crippen molar-refractivity contribution in [3.63, 3.8) is 0 Å². The minimum atomic E-state index is -0.576. The number of nitrogens with zero attached hydrogens (tertiary/aromatic N) is 1. The highest BCUT2D eigenvalue weighted by Crippen LogP contribution is 2.22. The fraction of sp³-hybridized carbons (Fsp3) is 0.417. The lowest BCUT2D eigenvalue weighted by Crippen LogP contribution is -2.35. The molecule has 110 valence electrons. The van der Waals surface area contributed by atoms with Crippen LogP contribution in [0.4, 0.5) is 5.69 Å². The zero-order chi connectivity index (χ0) is 15.1. The fourth-order valence-electron chi connectivity index (χ4n) is 1.50. The number of carbonyl (C=O) groups excluding carboxylic acids is 1. The zero-order valence-electron chi connectivity index (χ0n) is 11.1. The van der Waals surface area contributed by atoms with E-state index in [1.165, 1.54) is 26.4 Å². The van der Waals surface area contributed by atoms with Gasteiger partial charge in [-0.15, -0.1) is 0 Å². The molecule has 0 saturated heterocycles. The van der Waals surface area contributed by atoms with Gasteiger partial charge in [0.2, 0.25) is 0 Å². The van der Waals surface area contributed by atoms with Crippen LogP contribution in [0.2, 0.25) is 5.02 Å². The van der Waals surface area contributed by atoms with Gasteiger partial charge in [0, 0.05) is 32.9 Å². The van der Waals surface area contributed by atoms with E-state index in [4.69, 9.17) is 21.1 Å². The van der Waals surface area contributed by atoms with E-state index in [9.17, 15) is 14.9 Å². The second-order valence-corrected chi connectivity index (χ2v) is 4.35. The van der Waals surface area contributed by atoms with E-state index in [0.29, 0.717) is 6.61 Å². The first-order valence-electron chi connectivity index (χ1n) is 5.73. The van der Waals surface area contributed by atoms with Crippen LogP contribution in [0.1, 0.15) is 10.4 Å². The molecule has 0 fully saturated rings. The van der Waals surface area contributed by atoms with Crippen LogP contribution in [0.5, 0.6) is 0 Å². The van der Waals surface area contributed by atoms with Gasteiger partial charge in [-0.25, -0.2) is 0 Å². The molecule has 1 unspecified atom stereocenters. The van der Waals surface area contributed by atoms with Crippen LogP contribution in [0.15, 0.2) is 18.2 Å². The highest BCUT2D eigenvalue weighted by Gasteiger charge is 2.16. The third-order valence-corrected chi connectivity index (χ3v) is 2.90. The smallest absolute Gasteiger partial charge is 0.270 e. The Balaban J connectivity index is 2.70. The van der Waals surface area contributed by atoms with Gasteiger partial charge in [0.25, 0.3) is 11.6 Å². The largest absolute Gasteiger partial charge is 0.382 e. The number of non-ortho nitro benzene ring substituents is 1. The molecule has 0 aliphatic carbocycles. The van der Waals surface area contributed by atoms with Gasteiger partial charge in [0.15, 0.2) is 0 Å². The number of nitrogens with one attached hydrogen (secondary N) is 1. The third kappa shape index (κ3) is 4.44. The number of nitro benzene ring substituents is 1. The molecule has 0 saturated carbocycles. The fourth-order valence-corrected chi connectivity index (χ4v) is 1.76. The second kappa shape index (κ2) is 7.78. The normalized spacial score (nSPS) is 11.9. The van der Waals surface area contributed by atoms with Gasteiger partial charge in [-0.2, -0.15) is 0 Å². The maximum absolute atomic E-state index is 11.9. The molecule has 1 amide bonds. The van der Waals surface area contributed by atoms with E-state index in [0.717, 1.165) is 6.07 Å². The number of halogens is 1. The summed E-state index contributed by atoms with van der Waals surface area (Å²) in [6.45, 7) is 0.585. The minimum absolute atomic E-state index is 0.0254. The van der Waals surface area contributed by atoms with Crippen LogP contribution in [0.25, 0.3) is 0 Å². The molecule has 0 spiro atoms. The Labute approximate surface area is 121 Å². The number of ether oxygens (including phenoxy) is 2. The molecular formula is C12H15ClN2O5. The van der Waals surface area contributed by atoms with Gasteiger partial charge >= 0.3 is 0 Å². The number of hydrogen-bond acceptors (Lipinski definition) is 5. The zero-order valence-corrected chi connectivity index (χ0v) is 11.8. The van der Waals surface area contributed by atoms with Crippen molar-refractivity contribution in [1.29, 1.82) is 0 Å². The van der Waals surface area contributed by atoms with Gasteiger partial charge in [0.05, 0.1) is 28.2 Å². The van der Waals surface area contributed by atoms with Crippen LogP contribution < -0.4 is 5.32 Å². The monoisotopic (exact) mass is 302 g/mol. The molecule has 1 atom stereocenters. The van der Waals surface area contributed by atoms with Crippen molar-refractivity contribution in [3.05, 3.63) is 38.9 Å². The van der Waals surface area contributed by atoms with Crippen molar-refractivity contribution >= 4 is 23.2 Å². The van der Waals surface area contributed by atoms with Crippen LogP contribution in [0.3, 0.4) is 0 Å². The van der Waals surface area contributed by atoms with Crippen LogP contribution in [-0.4, -0.2) is 44.3 Å². The van der Waals surface area contributed by atoms with Crippen LogP contribution in [-0.2, 0) is 9.47 Å². The number of amides is 1. The van der Waals surface area contributed by atoms with Crippen LogP contribution >= 0.6 is 11.6 Å². The molecule has 7 nitrogen and oxygen atoms in total. The van der Waals surface area contributed by atoms with Crippen LogP contribution in [0, 0.1) is 10.1 Å². The Morgan fingerprint density at radius 2 is 2.20 bits per heavy atom. The number of nitro groups is 1. The number of methoxy groups -OCH3 is 2. The predicted octanol–water partition coefficient (Wildman–Crippen LogP) is 1.64. The summed E-state index contributed by atoms with van der Waals surface area (Å²) in [6.07, 6.45) is -0.277. The Hall–Kier alpha value is -1.70. The highest BCUT2D eigenvalue weighted by atomic mass is 35.5. The van der Waals surface area contributed by atoms with E-state index < -0.39 is 10.8 Å². The lowest BCUT2D eigenvalue weighted by atomic mass is 10.2. The molecule has 1 aromatic rings. The van der Waals surface area contributed by atoms with E-state index in [2.05, 4.69) is 5.32 Å². The lowest BCUT2D eigenvalue weighted by molar-refractivity contribution is -0.384. The van der Waals surface area contributed by atoms with E-state index in [-0.39, 0.29) is 28.9 Å². The summed E-state index contributed by atoms with van der Waals surface area (Å²) < 4.78 is 10.0. The molecule has 1 N–H and O–H groups in total. The Morgan fingerprint density at radius 3 is 2.70 bits per heavy atom. The van der Waals surface area contributed by atoms with Gasteiger partial charge < -0.3 is 14.8 Å².